The van der Waals surface area contributed by atoms with Gasteiger partial charge in [0.2, 0.25) is 0 Å². The minimum absolute atomic E-state index is 0.0405. The number of aromatic nitrogens is 1. The van der Waals surface area contributed by atoms with Gasteiger partial charge in [-0.15, -0.1) is 0 Å². The normalized spacial score (nSPS) is 10.2. The van der Waals surface area contributed by atoms with Crippen molar-refractivity contribution in [2.24, 2.45) is 0 Å². The van der Waals surface area contributed by atoms with Crippen molar-refractivity contribution in [2.45, 2.75) is 0 Å². The molecule has 11 heteroatoms. The Morgan fingerprint density at radius 2 is 2.04 bits per heavy atom. The number of hydrogen-bond acceptors (Lipinski definition) is 6. The zero-order valence-electron chi connectivity index (χ0n) is 12.2. The molecule has 1 heterocycles. The Labute approximate surface area is 159 Å². The lowest BCUT2D eigenvalue weighted by Gasteiger charge is -2.08. The summed E-state index contributed by atoms with van der Waals surface area (Å²) in [5.41, 5.74) is 0.199. The Hall–Kier alpha value is -2.23. The largest absolute Gasteiger partial charge is 0.452 e. The Morgan fingerprint density at radius 1 is 1.32 bits per heavy atom. The highest BCUT2D eigenvalue weighted by Gasteiger charge is 2.15. The van der Waals surface area contributed by atoms with E-state index in [9.17, 15) is 19.7 Å². The average Bonchev–Trinajstić information content (AvgIpc) is 2.56. The molecule has 1 aromatic carbocycles. The van der Waals surface area contributed by atoms with Crippen LogP contribution < -0.4 is 5.32 Å². The van der Waals surface area contributed by atoms with Gasteiger partial charge in [0.1, 0.15) is 5.15 Å². The number of nitrogens with zero attached hydrogens (tertiary/aromatic N) is 2. The number of hydrogen-bond donors (Lipinski definition) is 1. The van der Waals surface area contributed by atoms with Crippen LogP contribution in [0.1, 0.15) is 10.4 Å². The first-order valence-electron chi connectivity index (χ1n) is 6.50. The Bertz CT molecular complexity index is 862. The molecule has 0 aliphatic carbocycles. The minimum Gasteiger partial charge on any atom is -0.452 e. The number of carbonyl (C=O) groups is 2. The van der Waals surface area contributed by atoms with Gasteiger partial charge in [0.05, 0.1) is 21.2 Å². The molecule has 8 nitrogen and oxygen atoms in total. The molecule has 130 valence electrons. The van der Waals surface area contributed by atoms with Gasteiger partial charge < -0.3 is 10.1 Å². The van der Waals surface area contributed by atoms with E-state index >= 15 is 0 Å². The summed E-state index contributed by atoms with van der Waals surface area (Å²) in [6.45, 7) is -0.567. The number of rotatable bonds is 5. The summed E-state index contributed by atoms with van der Waals surface area (Å²) in [6, 6.07) is 5.09. The van der Waals surface area contributed by atoms with Gasteiger partial charge >= 0.3 is 5.97 Å². The van der Waals surface area contributed by atoms with Crippen molar-refractivity contribution >= 4 is 62.4 Å². The van der Waals surface area contributed by atoms with E-state index in [4.69, 9.17) is 27.9 Å². The number of carbonyl (C=O) groups excluding carboxylic acids is 2. The fraction of sp³-hybridized carbons (Fsp3) is 0.0714. The number of ether oxygens (including phenoxy) is 1. The zero-order valence-corrected chi connectivity index (χ0v) is 15.3. The number of halogens is 3. The summed E-state index contributed by atoms with van der Waals surface area (Å²) in [7, 11) is 0. The monoisotopic (exact) mass is 447 g/mol. The quantitative estimate of drug-likeness (QED) is 0.321. The van der Waals surface area contributed by atoms with Crippen molar-refractivity contribution < 1.29 is 19.2 Å². The van der Waals surface area contributed by atoms with Gasteiger partial charge in [-0.05, 0) is 28.1 Å². The number of esters is 1. The predicted octanol–water partition coefficient (Wildman–Crippen LogP) is 3.85. The SMILES string of the molecule is O=C(COC(=O)c1cnc(Cl)c(Cl)c1)Nc1ccc([N+](=O)[O-])cc1Br. The van der Waals surface area contributed by atoms with E-state index in [1.165, 1.54) is 30.5 Å². The third kappa shape index (κ3) is 5.12. The number of non-ortho nitro benzene ring substituents is 1. The predicted molar refractivity (Wildman–Crippen MR) is 94.0 cm³/mol. The van der Waals surface area contributed by atoms with Crippen molar-refractivity contribution in [3.8, 4) is 0 Å². The molecule has 0 bridgehead atoms. The summed E-state index contributed by atoms with van der Waals surface area (Å²) < 4.78 is 5.16. The highest BCUT2D eigenvalue weighted by molar-refractivity contribution is 9.10. The molecule has 2 rings (SSSR count). The van der Waals surface area contributed by atoms with Crippen LogP contribution in [0.15, 0.2) is 34.9 Å². The summed E-state index contributed by atoms with van der Waals surface area (Å²) in [6.07, 6.45) is 1.17. The van der Waals surface area contributed by atoms with Crippen LogP contribution >= 0.6 is 39.1 Å². The van der Waals surface area contributed by atoms with Crippen LogP contribution in [-0.4, -0.2) is 28.4 Å². The van der Waals surface area contributed by atoms with Crippen molar-refractivity contribution in [3.05, 3.63) is 60.8 Å². The summed E-state index contributed by atoms with van der Waals surface area (Å²) in [5, 5.41) is 13.2. The number of pyridine rings is 1. The Balaban J connectivity index is 1.95. The van der Waals surface area contributed by atoms with E-state index in [0.29, 0.717) is 10.2 Å². The molecule has 0 unspecified atom stereocenters. The topological polar surface area (TPSA) is 111 Å². The van der Waals surface area contributed by atoms with Crippen LogP contribution in [0.25, 0.3) is 0 Å². The second kappa shape index (κ2) is 8.24. The van der Waals surface area contributed by atoms with Crippen LogP contribution in [0.5, 0.6) is 0 Å². The third-order valence-corrected chi connectivity index (χ3v) is 4.15. The number of nitrogens with one attached hydrogen (secondary N) is 1. The molecule has 25 heavy (non-hydrogen) atoms. The standard InChI is InChI=1S/C14H8BrCl2N3O5/c15-9-4-8(20(23)24)1-2-11(9)19-12(21)6-25-14(22)7-3-10(16)13(17)18-5-7/h1-5H,6H2,(H,19,21). The molecular weight excluding hydrogens is 441 g/mol. The number of nitro groups is 1. The summed E-state index contributed by atoms with van der Waals surface area (Å²) >= 11 is 14.5. The fourth-order valence-electron chi connectivity index (χ4n) is 1.65. The van der Waals surface area contributed by atoms with Gasteiger partial charge in [0.25, 0.3) is 11.6 Å². The molecule has 0 saturated carbocycles. The van der Waals surface area contributed by atoms with E-state index < -0.39 is 23.4 Å². The molecule has 1 N–H and O–H groups in total. The van der Waals surface area contributed by atoms with Crippen molar-refractivity contribution in [2.75, 3.05) is 11.9 Å². The van der Waals surface area contributed by atoms with Crippen LogP contribution in [0.3, 0.4) is 0 Å². The number of benzene rings is 1. The number of amides is 1. The van der Waals surface area contributed by atoms with Gasteiger partial charge in [-0.25, -0.2) is 9.78 Å². The lowest BCUT2D eigenvalue weighted by molar-refractivity contribution is -0.384. The molecule has 0 atom stereocenters. The van der Waals surface area contributed by atoms with Crippen LogP contribution in [0.4, 0.5) is 11.4 Å². The first kappa shape index (κ1) is 19.1. The van der Waals surface area contributed by atoms with E-state index in [1.54, 1.807) is 0 Å². The number of nitro benzene ring substituents is 1. The molecule has 0 aliphatic heterocycles. The summed E-state index contributed by atoms with van der Waals surface area (Å²) in [4.78, 5) is 37.5. The maximum atomic E-state index is 11.8. The van der Waals surface area contributed by atoms with Crippen LogP contribution in [0.2, 0.25) is 10.2 Å². The zero-order chi connectivity index (χ0) is 18.6. The highest BCUT2D eigenvalue weighted by atomic mass is 79.9. The van der Waals surface area contributed by atoms with E-state index in [-0.39, 0.29) is 21.4 Å². The lowest BCUT2D eigenvalue weighted by atomic mass is 10.3. The van der Waals surface area contributed by atoms with E-state index in [0.717, 1.165) is 0 Å². The van der Waals surface area contributed by atoms with E-state index in [2.05, 4.69) is 26.2 Å². The first-order chi connectivity index (χ1) is 11.8. The molecule has 1 amide bonds. The first-order valence-corrected chi connectivity index (χ1v) is 8.05. The number of anilines is 1. The molecule has 0 saturated heterocycles. The highest BCUT2D eigenvalue weighted by Crippen LogP contribution is 2.27. The fourth-order valence-corrected chi connectivity index (χ4v) is 2.39. The van der Waals surface area contributed by atoms with Crippen LogP contribution in [0, 0.1) is 10.1 Å². The van der Waals surface area contributed by atoms with Gasteiger partial charge in [-0.2, -0.15) is 0 Å². The Kier molecular flexibility index (Phi) is 6.29. The molecule has 0 fully saturated rings. The third-order valence-electron chi connectivity index (χ3n) is 2.80. The van der Waals surface area contributed by atoms with Crippen molar-refractivity contribution in [3.63, 3.8) is 0 Å². The van der Waals surface area contributed by atoms with Crippen molar-refractivity contribution in [1.82, 2.24) is 4.98 Å². The van der Waals surface area contributed by atoms with Crippen LogP contribution in [-0.2, 0) is 9.53 Å². The van der Waals surface area contributed by atoms with E-state index in [1.807, 2.05) is 0 Å². The molecule has 1 aromatic heterocycles. The second-order valence-electron chi connectivity index (χ2n) is 4.54. The second-order valence-corrected chi connectivity index (χ2v) is 6.16. The lowest BCUT2D eigenvalue weighted by Crippen LogP contribution is -2.21. The van der Waals surface area contributed by atoms with Gasteiger partial charge in [-0.3, -0.25) is 14.9 Å². The maximum Gasteiger partial charge on any atom is 0.340 e. The summed E-state index contributed by atoms with van der Waals surface area (Å²) in [5.74, 6) is -1.43. The maximum absolute atomic E-state index is 11.8. The smallest absolute Gasteiger partial charge is 0.340 e. The Morgan fingerprint density at radius 3 is 2.64 bits per heavy atom. The molecule has 0 spiro atoms. The van der Waals surface area contributed by atoms with Gasteiger partial charge in [0.15, 0.2) is 6.61 Å². The van der Waals surface area contributed by atoms with Crippen molar-refractivity contribution in [1.29, 1.82) is 0 Å². The average molecular weight is 449 g/mol. The molecule has 0 radical (unpaired) electrons. The molecular formula is C14H8BrCl2N3O5. The van der Waals surface area contributed by atoms with Gasteiger partial charge in [-0.1, -0.05) is 23.2 Å². The molecule has 0 aliphatic rings. The molecule has 2 aromatic rings. The minimum atomic E-state index is -0.802. The van der Waals surface area contributed by atoms with Gasteiger partial charge in [0, 0.05) is 22.8 Å².